The first-order chi connectivity index (χ1) is 7.99. The SMILES string of the molecule is COP(=O)(CC(=O)CCc1ccc(C)o1)OC. The Labute approximate surface area is 101 Å². The first-order valence-corrected chi connectivity index (χ1v) is 6.99. The molecule has 0 aliphatic rings. The second-order valence-electron chi connectivity index (χ2n) is 3.69. The van der Waals surface area contributed by atoms with Gasteiger partial charge in [0.1, 0.15) is 23.5 Å². The highest BCUT2D eigenvalue weighted by molar-refractivity contribution is 7.54. The van der Waals surface area contributed by atoms with Crippen LogP contribution in [0.2, 0.25) is 0 Å². The van der Waals surface area contributed by atoms with E-state index in [9.17, 15) is 9.36 Å². The van der Waals surface area contributed by atoms with Crippen molar-refractivity contribution < 1.29 is 22.8 Å². The minimum absolute atomic E-state index is 0.161. The van der Waals surface area contributed by atoms with Crippen LogP contribution in [0.25, 0.3) is 0 Å². The number of carbonyl (C=O) groups excluding carboxylic acids is 1. The van der Waals surface area contributed by atoms with Gasteiger partial charge in [-0.3, -0.25) is 9.36 Å². The lowest BCUT2D eigenvalue weighted by Gasteiger charge is -2.11. The molecule has 5 nitrogen and oxygen atoms in total. The molecule has 0 atom stereocenters. The van der Waals surface area contributed by atoms with Gasteiger partial charge in [-0.2, -0.15) is 0 Å². The molecule has 0 aliphatic carbocycles. The van der Waals surface area contributed by atoms with Crippen LogP contribution in [0.1, 0.15) is 17.9 Å². The Balaban J connectivity index is 2.43. The molecule has 6 heteroatoms. The van der Waals surface area contributed by atoms with Gasteiger partial charge in [0.05, 0.1) is 0 Å². The first kappa shape index (κ1) is 14.2. The van der Waals surface area contributed by atoms with Crippen LogP contribution in [0.4, 0.5) is 0 Å². The molecule has 0 unspecified atom stereocenters. The van der Waals surface area contributed by atoms with Gasteiger partial charge in [-0.15, -0.1) is 0 Å². The summed E-state index contributed by atoms with van der Waals surface area (Å²) < 4.78 is 26.4. The summed E-state index contributed by atoms with van der Waals surface area (Å²) in [6, 6.07) is 3.67. The van der Waals surface area contributed by atoms with Crippen LogP contribution in [0.3, 0.4) is 0 Å². The normalized spacial score (nSPS) is 11.7. The average molecular weight is 260 g/mol. The predicted octanol–water partition coefficient (Wildman–Crippen LogP) is 2.58. The summed E-state index contributed by atoms with van der Waals surface area (Å²) >= 11 is 0. The largest absolute Gasteiger partial charge is 0.466 e. The maximum atomic E-state index is 11.7. The maximum absolute atomic E-state index is 11.7. The second kappa shape index (κ2) is 6.15. The Morgan fingerprint density at radius 2 is 2.00 bits per heavy atom. The number of rotatable bonds is 7. The lowest BCUT2D eigenvalue weighted by atomic mass is 10.2. The summed E-state index contributed by atoms with van der Waals surface area (Å²) in [5.74, 6) is 1.40. The van der Waals surface area contributed by atoms with Crippen LogP contribution in [0.15, 0.2) is 16.5 Å². The van der Waals surface area contributed by atoms with E-state index in [2.05, 4.69) is 0 Å². The molecule has 17 heavy (non-hydrogen) atoms. The van der Waals surface area contributed by atoms with Crippen LogP contribution in [0.5, 0.6) is 0 Å². The number of aryl methyl sites for hydroxylation is 2. The molecule has 1 heterocycles. The Hall–Kier alpha value is -0.900. The van der Waals surface area contributed by atoms with Crippen LogP contribution < -0.4 is 0 Å². The summed E-state index contributed by atoms with van der Waals surface area (Å²) in [5, 5.41) is 0. The van der Waals surface area contributed by atoms with Gasteiger partial charge in [-0.25, -0.2) is 0 Å². The number of hydrogen-bond acceptors (Lipinski definition) is 5. The van der Waals surface area contributed by atoms with Crippen LogP contribution >= 0.6 is 7.60 Å². The monoisotopic (exact) mass is 260 g/mol. The van der Waals surface area contributed by atoms with Crippen molar-refractivity contribution in [3.05, 3.63) is 23.7 Å². The zero-order valence-electron chi connectivity index (χ0n) is 10.3. The van der Waals surface area contributed by atoms with Crippen molar-refractivity contribution in [2.24, 2.45) is 0 Å². The summed E-state index contributed by atoms with van der Waals surface area (Å²) in [5.41, 5.74) is 0. The molecule has 0 fully saturated rings. The van der Waals surface area contributed by atoms with Crippen molar-refractivity contribution in [1.82, 2.24) is 0 Å². The van der Waals surface area contributed by atoms with E-state index in [1.807, 2.05) is 19.1 Å². The van der Waals surface area contributed by atoms with Gasteiger partial charge in [-0.1, -0.05) is 0 Å². The average Bonchev–Trinajstić information content (AvgIpc) is 2.72. The molecule has 0 N–H and O–H groups in total. The van der Waals surface area contributed by atoms with Crippen molar-refractivity contribution in [2.45, 2.75) is 19.8 Å². The molecule has 0 saturated carbocycles. The van der Waals surface area contributed by atoms with Crippen molar-refractivity contribution >= 4 is 13.4 Å². The molecule has 0 spiro atoms. The molecule has 0 aliphatic heterocycles. The van der Waals surface area contributed by atoms with E-state index in [4.69, 9.17) is 13.5 Å². The highest BCUT2D eigenvalue weighted by atomic mass is 31.2. The molecule has 0 aromatic carbocycles. The summed E-state index contributed by atoms with van der Waals surface area (Å²) in [6.07, 6.45) is 0.573. The summed E-state index contributed by atoms with van der Waals surface area (Å²) in [6.45, 7) is 1.84. The fourth-order valence-electron chi connectivity index (χ4n) is 1.38. The third-order valence-corrected chi connectivity index (χ3v) is 4.23. The topological polar surface area (TPSA) is 65.7 Å². The van der Waals surface area contributed by atoms with Crippen molar-refractivity contribution in [3.63, 3.8) is 0 Å². The molecule has 0 bridgehead atoms. The Bertz CT molecular complexity index is 415. The lowest BCUT2D eigenvalue weighted by molar-refractivity contribution is -0.116. The fraction of sp³-hybridized carbons (Fsp3) is 0.545. The van der Waals surface area contributed by atoms with E-state index >= 15 is 0 Å². The molecule has 0 radical (unpaired) electrons. The van der Waals surface area contributed by atoms with E-state index in [1.54, 1.807) is 0 Å². The van der Waals surface area contributed by atoms with E-state index in [1.165, 1.54) is 14.2 Å². The Kier molecular flexibility index (Phi) is 5.12. The highest BCUT2D eigenvalue weighted by Crippen LogP contribution is 2.46. The highest BCUT2D eigenvalue weighted by Gasteiger charge is 2.25. The maximum Gasteiger partial charge on any atom is 0.337 e. The van der Waals surface area contributed by atoms with Crippen LogP contribution in [0, 0.1) is 6.92 Å². The quantitative estimate of drug-likeness (QED) is 0.705. The third-order valence-electron chi connectivity index (χ3n) is 2.37. The van der Waals surface area contributed by atoms with Crippen molar-refractivity contribution in [2.75, 3.05) is 20.4 Å². The zero-order chi connectivity index (χ0) is 12.9. The van der Waals surface area contributed by atoms with Gasteiger partial charge in [0.25, 0.3) is 0 Å². The van der Waals surface area contributed by atoms with Crippen molar-refractivity contribution in [3.8, 4) is 0 Å². The smallest absolute Gasteiger partial charge is 0.337 e. The molecule has 1 rings (SSSR count). The van der Waals surface area contributed by atoms with E-state index in [0.717, 1.165) is 11.5 Å². The Morgan fingerprint density at radius 1 is 1.35 bits per heavy atom. The number of carbonyl (C=O) groups is 1. The standard InChI is InChI=1S/C11H17O5P/c1-9-4-6-11(16-9)7-5-10(12)8-17(13,14-2)15-3/h4,6H,5,7-8H2,1-3H3. The summed E-state index contributed by atoms with van der Waals surface area (Å²) in [4.78, 5) is 11.6. The van der Waals surface area contributed by atoms with E-state index < -0.39 is 7.60 Å². The van der Waals surface area contributed by atoms with Crippen LogP contribution in [-0.2, 0) is 24.8 Å². The molecule has 0 saturated heterocycles. The van der Waals surface area contributed by atoms with E-state index in [0.29, 0.717) is 6.42 Å². The first-order valence-electron chi connectivity index (χ1n) is 5.26. The third kappa shape index (κ3) is 4.46. The lowest BCUT2D eigenvalue weighted by Crippen LogP contribution is -2.08. The van der Waals surface area contributed by atoms with Gasteiger partial charge in [-0.05, 0) is 19.1 Å². The number of furan rings is 1. The fourth-order valence-corrected chi connectivity index (χ4v) is 2.38. The van der Waals surface area contributed by atoms with Crippen molar-refractivity contribution in [1.29, 1.82) is 0 Å². The van der Waals surface area contributed by atoms with Crippen LogP contribution in [-0.4, -0.2) is 26.2 Å². The molecular weight excluding hydrogens is 243 g/mol. The van der Waals surface area contributed by atoms with Gasteiger partial charge in [0, 0.05) is 27.1 Å². The number of ketones is 1. The summed E-state index contributed by atoms with van der Waals surface area (Å²) in [7, 11) is -0.691. The molecular formula is C11H17O5P. The predicted molar refractivity (Wildman–Crippen MR) is 63.3 cm³/mol. The number of Topliss-reactive ketones (excluding diaryl/α,β-unsaturated/α-hetero) is 1. The minimum atomic E-state index is -3.23. The number of hydrogen-bond donors (Lipinski definition) is 0. The van der Waals surface area contributed by atoms with E-state index in [-0.39, 0.29) is 18.4 Å². The van der Waals surface area contributed by atoms with Gasteiger partial charge in [0.15, 0.2) is 0 Å². The minimum Gasteiger partial charge on any atom is -0.466 e. The van der Waals surface area contributed by atoms with Gasteiger partial charge < -0.3 is 13.5 Å². The zero-order valence-corrected chi connectivity index (χ0v) is 11.2. The Morgan fingerprint density at radius 3 is 2.47 bits per heavy atom. The van der Waals surface area contributed by atoms with Gasteiger partial charge >= 0.3 is 7.60 Å². The second-order valence-corrected chi connectivity index (χ2v) is 5.95. The molecule has 96 valence electrons. The van der Waals surface area contributed by atoms with Gasteiger partial charge in [0.2, 0.25) is 0 Å². The molecule has 1 aromatic rings. The molecule has 0 amide bonds. The molecule has 1 aromatic heterocycles.